The van der Waals surface area contributed by atoms with Gasteiger partial charge in [0.15, 0.2) is 0 Å². The molecule has 1 aliphatic carbocycles. The van der Waals surface area contributed by atoms with E-state index in [1.165, 1.54) is 12.8 Å². The molecular formula is C15H24N4O. The SMILES string of the molecule is CCNc1nc(C2CC2)nc(NC2(C)CCOC2)c1C. The number of hydrogen-bond donors (Lipinski definition) is 2. The zero-order valence-corrected chi connectivity index (χ0v) is 12.6. The molecule has 2 N–H and O–H groups in total. The number of hydrogen-bond acceptors (Lipinski definition) is 5. The minimum absolute atomic E-state index is 0.0105. The average Bonchev–Trinajstić information content (AvgIpc) is 3.18. The van der Waals surface area contributed by atoms with Gasteiger partial charge in [0, 0.05) is 24.6 Å². The standard InChI is InChI=1S/C15H24N4O/c1-4-16-12-10(2)13(18-14(17-12)11-5-6-11)19-15(3)7-8-20-9-15/h11H,4-9H2,1-3H3,(H2,16,17,18,19). The first-order valence-corrected chi connectivity index (χ1v) is 7.59. The smallest absolute Gasteiger partial charge is 0.136 e. The van der Waals surface area contributed by atoms with E-state index in [0.717, 1.165) is 49.2 Å². The van der Waals surface area contributed by atoms with E-state index >= 15 is 0 Å². The Morgan fingerprint density at radius 3 is 2.65 bits per heavy atom. The van der Waals surface area contributed by atoms with Crippen LogP contribution in [0.5, 0.6) is 0 Å². The van der Waals surface area contributed by atoms with Crippen LogP contribution in [0.1, 0.15) is 50.4 Å². The average molecular weight is 276 g/mol. The highest BCUT2D eigenvalue weighted by Crippen LogP contribution is 2.40. The van der Waals surface area contributed by atoms with E-state index in [0.29, 0.717) is 5.92 Å². The zero-order valence-electron chi connectivity index (χ0n) is 12.6. The van der Waals surface area contributed by atoms with E-state index in [-0.39, 0.29) is 5.54 Å². The maximum Gasteiger partial charge on any atom is 0.136 e. The number of rotatable bonds is 5. The van der Waals surface area contributed by atoms with Gasteiger partial charge >= 0.3 is 0 Å². The number of aromatic nitrogens is 2. The summed E-state index contributed by atoms with van der Waals surface area (Å²) in [4.78, 5) is 9.46. The summed E-state index contributed by atoms with van der Waals surface area (Å²) in [6, 6.07) is 0. The van der Waals surface area contributed by atoms with Crippen LogP contribution in [0.2, 0.25) is 0 Å². The molecule has 0 spiro atoms. The van der Waals surface area contributed by atoms with Gasteiger partial charge in [-0.1, -0.05) is 0 Å². The fourth-order valence-corrected chi connectivity index (χ4v) is 2.57. The van der Waals surface area contributed by atoms with Crippen molar-refractivity contribution in [1.82, 2.24) is 9.97 Å². The summed E-state index contributed by atoms with van der Waals surface area (Å²) in [5.41, 5.74) is 1.09. The summed E-state index contributed by atoms with van der Waals surface area (Å²) in [6.07, 6.45) is 3.45. The molecule has 1 unspecified atom stereocenters. The van der Waals surface area contributed by atoms with Crippen LogP contribution in [0.4, 0.5) is 11.6 Å². The molecule has 20 heavy (non-hydrogen) atoms. The zero-order chi connectivity index (χ0) is 14.2. The highest BCUT2D eigenvalue weighted by atomic mass is 16.5. The lowest BCUT2D eigenvalue weighted by Gasteiger charge is -2.26. The van der Waals surface area contributed by atoms with E-state index < -0.39 is 0 Å². The Balaban J connectivity index is 1.91. The van der Waals surface area contributed by atoms with E-state index in [2.05, 4.69) is 36.4 Å². The molecule has 3 rings (SSSR count). The van der Waals surface area contributed by atoms with E-state index in [1.807, 2.05) is 0 Å². The third-order valence-corrected chi connectivity index (χ3v) is 4.09. The van der Waals surface area contributed by atoms with Crippen LogP contribution in [0.15, 0.2) is 0 Å². The topological polar surface area (TPSA) is 59.1 Å². The molecular weight excluding hydrogens is 252 g/mol. The largest absolute Gasteiger partial charge is 0.379 e. The lowest BCUT2D eigenvalue weighted by atomic mass is 10.0. The molecule has 1 aromatic heterocycles. The van der Waals surface area contributed by atoms with Crippen molar-refractivity contribution in [2.24, 2.45) is 0 Å². The normalized spacial score (nSPS) is 25.8. The maximum atomic E-state index is 5.52. The van der Waals surface area contributed by atoms with Crippen molar-refractivity contribution in [2.75, 3.05) is 30.4 Å². The van der Waals surface area contributed by atoms with Gasteiger partial charge in [-0.05, 0) is 40.0 Å². The molecule has 1 aromatic rings. The number of ether oxygens (including phenoxy) is 1. The van der Waals surface area contributed by atoms with Crippen molar-refractivity contribution >= 4 is 11.6 Å². The second-order valence-electron chi connectivity index (χ2n) is 6.20. The third kappa shape index (κ3) is 2.73. The fourth-order valence-electron chi connectivity index (χ4n) is 2.57. The highest BCUT2D eigenvalue weighted by molar-refractivity contribution is 5.58. The third-order valence-electron chi connectivity index (χ3n) is 4.09. The molecule has 0 bridgehead atoms. The monoisotopic (exact) mass is 276 g/mol. The highest BCUT2D eigenvalue weighted by Gasteiger charge is 2.32. The van der Waals surface area contributed by atoms with Crippen molar-refractivity contribution in [2.45, 2.75) is 51.5 Å². The molecule has 5 heteroatoms. The van der Waals surface area contributed by atoms with Crippen LogP contribution in [-0.2, 0) is 4.74 Å². The van der Waals surface area contributed by atoms with Gasteiger partial charge in [-0.2, -0.15) is 0 Å². The Kier molecular flexibility index (Phi) is 3.54. The molecule has 110 valence electrons. The van der Waals surface area contributed by atoms with Crippen molar-refractivity contribution in [3.63, 3.8) is 0 Å². The van der Waals surface area contributed by atoms with Gasteiger partial charge in [0.25, 0.3) is 0 Å². The number of nitrogens with one attached hydrogen (secondary N) is 2. The Labute approximate surface area is 120 Å². The molecule has 2 fully saturated rings. The van der Waals surface area contributed by atoms with Crippen molar-refractivity contribution in [1.29, 1.82) is 0 Å². The van der Waals surface area contributed by atoms with Crippen LogP contribution >= 0.6 is 0 Å². The molecule has 2 heterocycles. The minimum atomic E-state index is -0.0105. The van der Waals surface area contributed by atoms with Crippen molar-refractivity contribution in [3.8, 4) is 0 Å². The lowest BCUT2D eigenvalue weighted by molar-refractivity contribution is 0.185. The number of nitrogens with zero attached hydrogens (tertiary/aromatic N) is 2. The van der Waals surface area contributed by atoms with Crippen molar-refractivity contribution < 1.29 is 4.74 Å². The van der Waals surface area contributed by atoms with Gasteiger partial charge in [-0.15, -0.1) is 0 Å². The Bertz CT molecular complexity index is 493. The van der Waals surface area contributed by atoms with Crippen LogP contribution < -0.4 is 10.6 Å². The van der Waals surface area contributed by atoms with Crippen LogP contribution in [0, 0.1) is 6.92 Å². The molecule has 5 nitrogen and oxygen atoms in total. The quantitative estimate of drug-likeness (QED) is 0.866. The molecule has 0 aromatic carbocycles. The molecule has 1 saturated carbocycles. The maximum absolute atomic E-state index is 5.52. The van der Waals surface area contributed by atoms with Gasteiger partial charge in [0.05, 0.1) is 12.1 Å². The lowest BCUT2D eigenvalue weighted by Crippen LogP contribution is -2.36. The van der Waals surface area contributed by atoms with Gasteiger partial charge in [-0.3, -0.25) is 0 Å². The predicted molar refractivity (Wildman–Crippen MR) is 80.4 cm³/mol. The Morgan fingerprint density at radius 2 is 2.05 bits per heavy atom. The summed E-state index contributed by atoms with van der Waals surface area (Å²) < 4.78 is 5.52. The van der Waals surface area contributed by atoms with Gasteiger partial charge in [-0.25, -0.2) is 9.97 Å². The first-order valence-electron chi connectivity index (χ1n) is 7.59. The van der Waals surface area contributed by atoms with E-state index in [1.54, 1.807) is 0 Å². The van der Waals surface area contributed by atoms with E-state index in [9.17, 15) is 0 Å². The van der Waals surface area contributed by atoms with Crippen LogP contribution in [-0.4, -0.2) is 35.3 Å². The summed E-state index contributed by atoms with van der Waals surface area (Å²) >= 11 is 0. The molecule has 1 atom stereocenters. The van der Waals surface area contributed by atoms with E-state index in [4.69, 9.17) is 9.72 Å². The molecule has 2 aliphatic rings. The molecule has 1 saturated heterocycles. The van der Waals surface area contributed by atoms with Crippen LogP contribution in [0.3, 0.4) is 0 Å². The summed E-state index contributed by atoms with van der Waals surface area (Å²) in [7, 11) is 0. The summed E-state index contributed by atoms with van der Waals surface area (Å²) in [6.45, 7) is 8.82. The van der Waals surface area contributed by atoms with Crippen LogP contribution in [0.25, 0.3) is 0 Å². The van der Waals surface area contributed by atoms with Gasteiger partial charge < -0.3 is 15.4 Å². The Hall–Kier alpha value is -1.36. The van der Waals surface area contributed by atoms with Crippen molar-refractivity contribution in [3.05, 3.63) is 11.4 Å². The first kappa shape index (κ1) is 13.6. The van der Waals surface area contributed by atoms with Gasteiger partial charge in [0.1, 0.15) is 17.5 Å². The molecule has 0 radical (unpaired) electrons. The summed E-state index contributed by atoms with van der Waals surface area (Å²) in [5, 5.41) is 6.95. The molecule has 1 aliphatic heterocycles. The first-order chi connectivity index (χ1) is 9.61. The predicted octanol–water partition coefficient (Wildman–Crippen LogP) is 2.69. The number of anilines is 2. The summed E-state index contributed by atoms with van der Waals surface area (Å²) in [5.74, 6) is 3.47. The van der Waals surface area contributed by atoms with Gasteiger partial charge in [0.2, 0.25) is 0 Å². The second kappa shape index (κ2) is 5.20. The minimum Gasteiger partial charge on any atom is -0.379 e. The second-order valence-corrected chi connectivity index (χ2v) is 6.20. The Morgan fingerprint density at radius 1 is 1.30 bits per heavy atom. The fraction of sp³-hybridized carbons (Fsp3) is 0.733. The molecule has 0 amide bonds.